The van der Waals surface area contributed by atoms with Gasteiger partial charge in [-0.1, -0.05) is 46.8 Å². The van der Waals surface area contributed by atoms with Crippen LogP contribution >= 0.6 is 0 Å². The van der Waals surface area contributed by atoms with E-state index in [4.69, 9.17) is 9.40 Å². The van der Waals surface area contributed by atoms with Gasteiger partial charge in [-0.15, -0.1) is 0 Å². The van der Waals surface area contributed by atoms with Gasteiger partial charge in [-0.05, 0) is 75.4 Å². The zero-order valence-electron chi connectivity index (χ0n) is 21.7. The van der Waals surface area contributed by atoms with E-state index < -0.39 is 11.0 Å². The predicted octanol–water partition coefficient (Wildman–Crippen LogP) is 4.86. The lowest BCUT2D eigenvalue weighted by molar-refractivity contribution is -0.161. The number of hydrogen-bond donors (Lipinski definition) is 1. The number of phenols is 1. The van der Waals surface area contributed by atoms with Crippen molar-refractivity contribution in [2.75, 3.05) is 20.1 Å². The molecule has 3 nitrogen and oxygen atoms in total. The summed E-state index contributed by atoms with van der Waals surface area (Å²) in [7, 11) is 2.12. The number of benzene rings is 1. The van der Waals surface area contributed by atoms with Crippen LogP contribution in [0.25, 0.3) is 0 Å². The molecule has 1 aliphatic rings. The summed E-state index contributed by atoms with van der Waals surface area (Å²) in [4.78, 5) is 2.30. The lowest BCUT2D eigenvalue weighted by Gasteiger charge is -2.55. The number of aromatic hydroxyl groups is 1. The maximum atomic E-state index is 8.61. The molecule has 154 valence electrons. The monoisotopic (exact) mass is 379 g/mol. The van der Waals surface area contributed by atoms with E-state index in [1.165, 1.54) is 0 Å². The highest BCUT2D eigenvalue weighted by Crippen LogP contribution is 2.57. The van der Waals surface area contributed by atoms with E-state index >= 15 is 0 Å². The normalized spacial score (nSPS) is 31.9. The molecule has 0 radical (unpaired) electrons. The summed E-state index contributed by atoms with van der Waals surface area (Å²) in [5.74, 6) is 1.20. The number of hydrogen-bond acceptors (Lipinski definition) is 2. The van der Waals surface area contributed by atoms with E-state index in [1.54, 1.807) is 0 Å². The molecule has 1 aromatic carbocycles. The molecule has 1 fully saturated rings. The quantitative estimate of drug-likeness (QED) is 0.656. The molecule has 1 aliphatic carbocycles. The average molecular weight is 380 g/mol. The molecule has 0 amide bonds. The first-order valence-corrected chi connectivity index (χ1v) is 10.6. The minimum atomic E-state index is -0.701. The van der Waals surface area contributed by atoms with E-state index in [0.717, 1.165) is 43.5 Å². The van der Waals surface area contributed by atoms with Gasteiger partial charge in [0.15, 0.2) is 5.60 Å². The number of nitrogens with zero attached hydrogens (tertiary/aromatic N) is 1. The Morgan fingerprint density at radius 2 is 2.11 bits per heavy atom. The summed E-state index contributed by atoms with van der Waals surface area (Å²) in [6.07, 6.45) is 2.62. The van der Waals surface area contributed by atoms with Crippen LogP contribution in [-0.2, 0) is 5.41 Å². The van der Waals surface area contributed by atoms with Gasteiger partial charge in [-0.25, -0.2) is 0 Å². The van der Waals surface area contributed by atoms with E-state index in [-0.39, 0.29) is 11.3 Å². The molecule has 4 unspecified atom stereocenters. The molecule has 0 bridgehead atoms. The molecule has 0 aromatic heterocycles. The summed E-state index contributed by atoms with van der Waals surface area (Å²) < 4.78 is 24.5. The molecule has 0 saturated heterocycles. The van der Waals surface area contributed by atoms with Gasteiger partial charge < -0.3 is 15.1 Å². The molecule has 0 aliphatic heterocycles. The van der Waals surface area contributed by atoms with Gasteiger partial charge >= 0.3 is 2.86 Å². The van der Waals surface area contributed by atoms with Crippen molar-refractivity contribution < 1.29 is 10.2 Å². The van der Waals surface area contributed by atoms with Crippen LogP contribution in [0.15, 0.2) is 18.2 Å². The van der Waals surface area contributed by atoms with Crippen LogP contribution in [0.1, 0.15) is 71.9 Å². The molecular weight excluding hydrogens is 334 g/mol. The van der Waals surface area contributed by atoms with Gasteiger partial charge in [0.05, 0.1) is 5.41 Å². The third-order valence-electron chi connectivity index (χ3n) is 8.31. The van der Waals surface area contributed by atoms with Crippen molar-refractivity contribution in [1.82, 2.24) is 4.90 Å². The topological polar surface area (TPSA) is 46.4 Å². The molecule has 2 rings (SSSR count). The Balaban J connectivity index is 2.70. The number of phenolic OH excluding ortho intramolecular Hbond substituents is 1. The molecule has 4 atom stereocenters. The lowest BCUT2D eigenvalue weighted by Crippen LogP contribution is -2.62. The van der Waals surface area contributed by atoms with Gasteiger partial charge in [0.1, 0.15) is 5.75 Å². The minimum Gasteiger partial charge on any atom is -0.508 e. The second-order valence-corrected chi connectivity index (χ2v) is 9.83. The fourth-order valence-electron chi connectivity index (χ4n) is 4.97. The molecule has 3 heteroatoms. The Bertz CT molecular complexity index is 726. The summed E-state index contributed by atoms with van der Waals surface area (Å²) >= 11 is 0. The van der Waals surface area contributed by atoms with Crippen LogP contribution in [0.4, 0.5) is 0 Å². The SMILES string of the molecule is [2H]Oc1ccc(C(C)(CCN(C)CC)C2([O+]([2H])[2H])CCC(C)C(C)(C)C2C)cc1C. The fraction of sp³-hybridized carbons (Fsp3) is 0.750. The van der Waals surface area contributed by atoms with Crippen molar-refractivity contribution in [1.29, 1.82) is 4.29 Å². The van der Waals surface area contributed by atoms with Gasteiger partial charge in [0.25, 0.3) is 1.43 Å². The van der Waals surface area contributed by atoms with Gasteiger partial charge in [-0.3, -0.25) is 0 Å². The fourth-order valence-corrected chi connectivity index (χ4v) is 4.97. The van der Waals surface area contributed by atoms with E-state index in [0.29, 0.717) is 11.7 Å². The van der Waals surface area contributed by atoms with Crippen LogP contribution in [0, 0.1) is 24.2 Å². The Labute approximate surface area is 171 Å². The Morgan fingerprint density at radius 3 is 2.67 bits per heavy atom. The molecule has 1 saturated carbocycles. The van der Waals surface area contributed by atoms with Crippen molar-refractivity contribution in [3.05, 3.63) is 29.3 Å². The van der Waals surface area contributed by atoms with Crippen LogP contribution in [0.3, 0.4) is 0 Å². The molecular formula is C24H42NO2+. The van der Waals surface area contributed by atoms with Crippen LogP contribution in [-0.4, -0.2) is 45.2 Å². The van der Waals surface area contributed by atoms with Gasteiger partial charge in [-0.2, -0.15) is 0 Å². The highest BCUT2D eigenvalue weighted by Gasteiger charge is 2.62. The third-order valence-corrected chi connectivity index (χ3v) is 8.31. The Kier molecular flexibility index (Phi) is 5.17. The largest absolute Gasteiger partial charge is 0.508 e. The van der Waals surface area contributed by atoms with Crippen LogP contribution < -0.4 is 0 Å². The zero-order chi connectivity index (χ0) is 22.9. The molecule has 0 heterocycles. The van der Waals surface area contributed by atoms with Crippen molar-refractivity contribution in [2.45, 2.75) is 78.7 Å². The number of rotatable bonds is 8. The summed E-state index contributed by atoms with van der Waals surface area (Å²) in [5.41, 5.74) is 0.887. The smallest absolute Gasteiger partial charge is 0.487 e. The minimum absolute atomic E-state index is 0.00277. The Hall–Kier alpha value is -1.06. The summed E-state index contributed by atoms with van der Waals surface area (Å²) in [6.45, 7) is 17.3. The predicted molar refractivity (Wildman–Crippen MR) is 116 cm³/mol. The number of aryl methyl sites for hydroxylation is 1. The standard InChI is InChI=1S/C24H41NO2/c1-9-25(8)15-14-23(7,20-10-11-21(26)17(2)16-20)24(27)13-12-18(3)22(5,6)19(24)4/h10-11,16,18-19,26-27H,9,12-15H2,1-8H3/p+1/i27D/hD2. The maximum Gasteiger partial charge on any atom is 0.487 e. The van der Waals surface area contributed by atoms with E-state index in [1.807, 2.05) is 24.2 Å². The van der Waals surface area contributed by atoms with Crippen molar-refractivity contribution in [3.8, 4) is 5.75 Å². The molecule has 0 spiro atoms. The van der Waals surface area contributed by atoms with Gasteiger partial charge in [0, 0.05) is 12.3 Å². The maximum absolute atomic E-state index is 8.61. The summed E-state index contributed by atoms with van der Waals surface area (Å²) in [5, 5.41) is 6.79. The molecule has 27 heavy (non-hydrogen) atoms. The zero-order valence-corrected chi connectivity index (χ0v) is 18.7. The van der Waals surface area contributed by atoms with E-state index in [2.05, 4.69) is 59.6 Å². The molecule has 1 aromatic rings. The van der Waals surface area contributed by atoms with Crippen LogP contribution in [0.2, 0.25) is 0 Å². The highest BCUT2D eigenvalue weighted by atomic mass is 16.3. The molecule has 3 N–H and O–H groups in total. The lowest BCUT2D eigenvalue weighted by atomic mass is 9.49. The van der Waals surface area contributed by atoms with Crippen molar-refractivity contribution in [3.63, 3.8) is 0 Å². The van der Waals surface area contributed by atoms with Gasteiger partial charge in [0.2, 0.25) is 0 Å². The van der Waals surface area contributed by atoms with Crippen LogP contribution in [0.5, 0.6) is 5.75 Å². The van der Waals surface area contributed by atoms with Crippen molar-refractivity contribution >= 4 is 0 Å². The summed E-state index contributed by atoms with van der Waals surface area (Å²) in [6, 6.07) is 5.99. The second kappa shape index (κ2) is 7.75. The van der Waals surface area contributed by atoms with E-state index in [9.17, 15) is 0 Å². The Morgan fingerprint density at radius 1 is 1.41 bits per heavy atom. The average Bonchev–Trinajstić information content (AvgIpc) is 2.70. The second-order valence-electron chi connectivity index (χ2n) is 9.83. The third kappa shape index (κ3) is 3.78. The first-order valence-electron chi connectivity index (χ1n) is 11.8. The van der Waals surface area contributed by atoms with Crippen molar-refractivity contribution in [2.24, 2.45) is 17.3 Å². The highest BCUT2D eigenvalue weighted by molar-refractivity contribution is 5.40. The first kappa shape index (κ1) is 18.0. The first-order chi connectivity index (χ1) is 13.9.